The normalized spacial score (nSPS) is 26.3. The first-order chi connectivity index (χ1) is 22.0. The highest BCUT2D eigenvalue weighted by Gasteiger charge is 2.44. The van der Waals surface area contributed by atoms with Gasteiger partial charge in [0.1, 0.15) is 42.2 Å². The lowest BCUT2D eigenvalue weighted by atomic mass is 10.2. The summed E-state index contributed by atoms with van der Waals surface area (Å²) in [6.45, 7) is -0.827. The number of ether oxygens (including phenoxy) is 2. The summed E-state index contributed by atoms with van der Waals surface area (Å²) in [5.74, 6) is 0.491. The number of aromatic nitrogens is 9. The molecule has 0 aromatic carbocycles. The summed E-state index contributed by atoms with van der Waals surface area (Å²) in [4.78, 5) is 57.0. The van der Waals surface area contributed by atoms with Gasteiger partial charge in [-0.3, -0.25) is 32.0 Å². The summed E-state index contributed by atoms with van der Waals surface area (Å²) < 4.78 is 61.9. The largest absolute Gasteiger partial charge is 0.472 e. The van der Waals surface area contributed by atoms with Gasteiger partial charge in [0.2, 0.25) is 5.78 Å². The minimum atomic E-state index is -4.74. The maximum Gasteiger partial charge on any atom is 0.472 e. The molecule has 2 aliphatic rings. The van der Waals surface area contributed by atoms with Gasteiger partial charge in [0.05, 0.1) is 32.0 Å². The molecule has 0 saturated carbocycles. The Kier molecular flexibility index (Phi) is 8.00. The van der Waals surface area contributed by atoms with Crippen molar-refractivity contribution in [3.63, 3.8) is 0 Å². The molecule has 246 valence electrons. The number of nitrogens with one attached hydrogen (secondary N) is 1. The van der Waals surface area contributed by atoms with E-state index in [1.54, 1.807) is 4.57 Å². The number of phosphoric ester groups is 2. The highest BCUT2D eigenvalue weighted by molar-refractivity contribution is 7.47. The van der Waals surface area contributed by atoms with Crippen molar-refractivity contribution in [1.29, 1.82) is 0 Å². The van der Waals surface area contributed by atoms with E-state index in [-0.39, 0.29) is 35.8 Å². The molecule has 21 nitrogen and oxygen atoms in total. The molecule has 5 N–H and O–H groups in total. The highest BCUT2D eigenvalue weighted by Crippen LogP contribution is 2.50. The van der Waals surface area contributed by atoms with Gasteiger partial charge < -0.3 is 30.0 Å². The maximum atomic E-state index is 13.1. The first-order valence-electron chi connectivity index (χ1n) is 13.9. The Morgan fingerprint density at radius 2 is 1.78 bits per heavy atom. The summed E-state index contributed by atoms with van der Waals surface area (Å²) >= 11 is 0. The van der Waals surface area contributed by atoms with Crippen LogP contribution >= 0.6 is 15.6 Å². The molecule has 2 fully saturated rings. The summed E-state index contributed by atoms with van der Waals surface area (Å²) in [5, 5.41) is 0. The van der Waals surface area contributed by atoms with Crippen molar-refractivity contribution in [3.8, 4) is 0 Å². The first kappa shape index (κ1) is 31.0. The minimum Gasteiger partial charge on any atom is -0.382 e. The maximum absolute atomic E-state index is 13.1. The fourth-order valence-electron chi connectivity index (χ4n) is 5.47. The first-order valence-corrected chi connectivity index (χ1v) is 16.9. The highest BCUT2D eigenvalue weighted by atomic mass is 31.2. The predicted molar refractivity (Wildman–Crippen MR) is 154 cm³/mol. The number of nitrogens with two attached hydrogens (primary N) is 1. The lowest BCUT2D eigenvalue weighted by Gasteiger charge is -2.22. The molecular formula is C23H28N10O11P2. The van der Waals surface area contributed by atoms with E-state index < -0.39 is 58.6 Å². The number of rotatable bonds is 11. The number of hydrogen-bond acceptors (Lipinski definition) is 15. The third kappa shape index (κ3) is 5.86. The number of phosphoric acid groups is 2. The zero-order chi connectivity index (χ0) is 32.2. The second kappa shape index (κ2) is 11.9. The smallest absolute Gasteiger partial charge is 0.382 e. The van der Waals surface area contributed by atoms with Crippen molar-refractivity contribution in [1.82, 2.24) is 43.4 Å². The molecule has 2 saturated heterocycles. The molecule has 5 aromatic rings. The Morgan fingerprint density at radius 3 is 2.61 bits per heavy atom. The van der Waals surface area contributed by atoms with Gasteiger partial charge in [-0.2, -0.15) is 0 Å². The molecule has 0 amide bonds. The van der Waals surface area contributed by atoms with E-state index in [2.05, 4.69) is 34.4 Å². The van der Waals surface area contributed by atoms with Crippen LogP contribution in [-0.4, -0.2) is 91.9 Å². The molecule has 0 spiro atoms. The monoisotopic (exact) mass is 682 g/mol. The van der Waals surface area contributed by atoms with Crippen LogP contribution in [0.3, 0.4) is 0 Å². The molecule has 2 unspecified atom stereocenters. The number of H-pyrrole nitrogens is 1. The van der Waals surface area contributed by atoms with Crippen molar-refractivity contribution in [3.05, 3.63) is 41.7 Å². The Labute approximate surface area is 257 Å². The van der Waals surface area contributed by atoms with Crippen LogP contribution in [0.15, 0.2) is 36.2 Å². The number of anilines is 1. The molecule has 7 atom stereocenters. The van der Waals surface area contributed by atoms with Crippen molar-refractivity contribution in [2.45, 2.75) is 50.0 Å². The van der Waals surface area contributed by atoms with Crippen molar-refractivity contribution >= 4 is 49.6 Å². The topological polar surface area (TPSA) is 268 Å². The van der Waals surface area contributed by atoms with Gasteiger partial charge in [-0.05, 0) is 12.8 Å². The number of fused-ring (bicyclic) bond motifs is 3. The van der Waals surface area contributed by atoms with Gasteiger partial charge in [-0.15, -0.1) is 0 Å². The van der Waals surface area contributed by atoms with E-state index in [4.69, 9.17) is 28.8 Å². The lowest BCUT2D eigenvalue weighted by molar-refractivity contribution is -0.0481. The zero-order valence-electron chi connectivity index (χ0n) is 23.9. The van der Waals surface area contributed by atoms with Crippen LogP contribution < -0.4 is 11.3 Å². The SMILES string of the molecule is COP(=O)(O)OC[C@H]1O[C@@H](n2cnc3c(=O)n4ccnc4[nH]c32)C[C@@H]1OP(=O)(O)OC[C@@H]1CC[C@H](n2cnc3c(N)ncnc32)O1. The molecule has 46 heavy (non-hydrogen) atoms. The van der Waals surface area contributed by atoms with Crippen LogP contribution in [0.5, 0.6) is 0 Å². The summed E-state index contributed by atoms with van der Waals surface area (Å²) in [6, 6.07) is 0. The number of nitrogens with zero attached hydrogens (tertiary/aromatic N) is 8. The van der Waals surface area contributed by atoms with E-state index in [1.807, 2.05) is 0 Å². The summed E-state index contributed by atoms with van der Waals surface area (Å²) in [6.07, 6.45) is 3.89. The van der Waals surface area contributed by atoms with Gasteiger partial charge in [0, 0.05) is 25.9 Å². The number of imidazole rings is 3. The predicted octanol–water partition coefficient (Wildman–Crippen LogP) is 1.03. The Morgan fingerprint density at radius 1 is 1.00 bits per heavy atom. The molecule has 0 bridgehead atoms. The fourth-order valence-corrected chi connectivity index (χ4v) is 6.89. The average molecular weight is 682 g/mol. The van der Waals surface area contributed by atoms with E-state index >= 15 is 0 Å². The second-order valence-corrected chi connectivity index (χ2v) is 13.5. The molecule has 5 aromatic heterocycles. The molecule has 2 aliphatic heterocycles. The van der Waals surface area contributed by atoms with Gasteiger partial charge in [0.25, 0.3) is 5.56 Å². The van der Waals surface area contributed by atoms with Gasteiger partial charge >= 0.3 is 15.6 Å². The number of aromatic amines is 1. The lowest BCUT2D eigenvalue weighted by Crippen LogP contribution is -2.29. The van der Waals surface area contributed by atoms with Crippen molar-refractivity contribution < 1.29 is 46.5 Å². The van der Waals surface area contributed by atoms with Crippen molar-refractivity contribution in [2.75, 3.05) is 26.1 Å². The number of nitrogen functional groups attached to an aromatic ring is 1. The third-order valence-corrected chi connectivity index (χ3v) is 9.63. The Bertz CT molecular complexity index is 2060. The van der Waals surface area contributed by atoms with Crippen LogP contribution in [0.1, 0.15) is 31.7 Å². The van der Waals surface area contributed by atoms with E-state index in [1.165, 1.54) is 40.3 Å². The Balaban J connectivity index is 1.04. The standard InChI is InChI=1S/C23H28N10O11P2/c1-39-45(35,36)41-8-14-13(6-16(43-14)33-11-29-18-21(33)30-23-25-4-5-31(23)22(18)34)44-46(37,38)40-7-12-2-3-15(42-12)32-10-28-17-19(24)26-9-27-20(17)32/h4-5,9-16H,2-3,6-8H2,1H3,(H,25,30)(H,35,36)(H,37,38)(H2,24,26,27)/t12-,13-,14+,15+,16+/m0/s1. The van der Waals surface area contributed by atoms with E-state index in [0.29, 0.717) is 24.0 Å². The van der Waals surface area contributed by atoms with Crippen LogP contribution in [-0.2, 0) is 36.7 Å². The molecule has 0 radical (unpaired) electrons. The van der Waals surface area contributed by atoms with Gasteiger partial charge in [-0.1, -0.05) is 0 Å². The third-order valence-electron chi connectivity index (χ3n) is 7.68. The average Bonchev–Trinajstić information content (AvgIpc) is 3.85. The van der Waals surface area contributed by atoms with Crippen LogP contribution in [0.25, 0.3) is 28.1 Å². The van der Waals surface area contributed by atoms with E-state index in [0.717, 1.165) is 7.11 Å². The van der Waals surface area contributed by atoms with Crippen LogP contribution in [0.2, 0.25) is 0 Å². The second-order valence-electron chi connectivity index (χ2n) is 10.5. The molecule has 0 aliphatic carbocycles. The van der Waals surface area contributed by atoms with Crippen molar-refractivity contribution in [2.24, 2.45) is 0 Å². The summed E-state index contributed by atoms with van der Waals surface area (Å²) in [5.41, 5.74) is 6.73. The van der Waals surface area contributed by atoms with Gasteiger partial charge in [0.15, 0.2) is 17.0 Å². The summed E-state index contributed by atoms with van der Waals surface area (Å²) in [7, 11) is -8.19. The molecule has 7 rings (SSSR count). The number of hydrogen-bond donors (Lipinski definition) is 4. The van der Waals surface area contributed by atoms with E-state index in [9.17, 15) is 23.7 Å². The molecule has 23 heteroatoms. The minimum absolute atomic E-state index is 0.0571. The quantitative estimate of drug-likeness (QED) is 0.142. The van der Waals surface area contributed by atoms with Crippen LogP contribution in [0, 0.1) is 0 Å². The zero-order valence-corrected chi connectivity index (χ0v) is 25.7. The Hall–Kier alpha value is -3.62. The fraction of sp³-hybridized carbons (Fsp3) is 0.478. The van der Waals surface area contributed by atoms with Gasteiger partial charge in [-0.25, -0.2) is 38.5 Å². The molecular weight excluding hydrogens is 654 g/mol. The van der Waals surface area contributed by atoms with Crippen LogP contribution in [0.4, 0.5) is 5.82 Å². The molecule has 7 heterocycles.